The highest BCUT2D eigenvalue weighted by Crippen LogP contribution is 2.17. The van der Waals surface area contributed by atoms with Crippen LogP contribution in [0.2, 0.25) is 0 Å². The van der Waals surface area contributed by atoms with E-state index in [1.54, 1.807) is 6.20 Å². The predicted molar refractivity (Wildman–Crippen MR) is 98.0 cm³/mol. The highest BCUT2D eigenvalue weighted by atomic mass is 16.6. The largest absolute Gasteiger partial charge is 0.444 e. The van der Waals surface area contributed by atoms with Crippen LogP contribution in [0.1, 0.15) is 66.9 Å². The zero-order chi connectivity index (χ0) is 18.3. The van der Waals surface area contributed by atoms with E-state index in [0.717, 1.165) is 18.4 Å². The van der Waals surface area contributed by atoms with Gasteiger partial charge in [0.1, 0.15) is 11.4 Å². The summed E-state index contributed by atoms with van der Waals surface area (Å²) in [5, 5.41) is 13.2. The number of ether oxygens (including phenoxy) is 1. The Bertz CT molecular complexity index is 493. The van der Waals surface area contributed by atoms with Crippen LogP contribution in [0.25, 0.3) is 0 Å². The fourth-order valence-corrected chi connectivity index (χ4v) is 2.61. The van der Waals surface area contributed by atoms with Gasteiger partial charge in [-0.3, -0.25) is 10.4 Å². The molecular formula is C18H34N4O2. The van der Waals surface area contributed by atoms with E-state index >= 15 is 0 Å². The molecule has 0 spiro atoms. The Hall–Kier alpha value is -1.56. The molecule has 0 unspecified atom stereocenters. The number of nitrogens with zero attached hydrogens (tertiary/aromatic N) is 1. The number of carbonyl (C=O) groups excluding carboxylic acids is 1. The first-order valence-electron chi connectivity index (χ1n) is 8.82. The van der Waals surface area contributed by atoms with Crippen molar-refractivity contribution >= 4 is 11.9 Å². The van der Waals surface area contributed by atoms with Crippen LogP contribution in [0.4, 0.5) is 10.6 Å². The average molecular weight is 338 g/mol. The lowest BCUT2D eigenvalue weighted by Gasteiger charge is -2.23. The molecule has 138 valence electrons. The molecule has 6 heteroatoms. The molecule has 1 amide bonds. The monoisotopic (exact) mass is 338 g/mol. The zero-order valence-corrected chi connectivity index (χ0v) is 16.2. The fraction of sp³-hybridized carbons (Fsp3) is 0.778. The maximum atomic E-state index is 11.9. The van der Waals surface area contributed by atoms with Crippen molar-refractivity contribution in [3.05, 3.63) is 11.8 Å². The van der Waals surface area contributed by atoms with Gasteiger partial charge in [-0.2, -0.15) is 5.10 Å². The van der Waals surface area contributed by atoms with Gasteiger partial charge in [0.15, 0.2) is 0 Å². The summed E-state index contributed by atoms with van der Waals surface area (Å²) in [7, 11) is 0. The quantitative estimate of drug-likeness (QED) is 0.660. The van der Waals surface area contributed by atoms with Gasteiger partial charge in [0.05, 0.1) is 6.20 Å². The highest BCUT2D eigenvalue weighted by molar-refractivity contribution is 5.84. The van der Waals surface area contributed by atoms with Crippen molar-refractivity contribution in [2.24, 2.45) is 11.8 Å². The number of aromatic amines is 1. The minimum atomic E-state index is -0.526. The Morgan fingerprint density at radius 2 is 1.79 bits per heavy atom. The Morgan fingerprint density at radius 3 is 2.29 bits per heavy atom. The van der Waals surface area contributed by atoms with Gasteiger partial charge in [0, 0.05) is 18.2 Å². The number of rotatable bonds is 8. The summed E-state index contributed by atoms with van der Waals surface area (Å²) >= 11 is 0. The van der Waals surface area contributed by atoms with Crippen LogP contribution in [-0.2, 0) is 11.3 Å². The summed E-state index contributed by atoms with van der Waals surface area (Å²) in [6.07, 6.45) is 3.52. The first-order chi connectivity index (χ1) is 11.1. The molecule has 0 saturated heterocycles. The summed E-state index contributed by atoms with van der Waals surface area (Å²) in [6.45, 7) is 15.1. The SMILES string of the molecule is CC(C)CC(CC(C)C)NCc1cn[nH]c1NC(=O)OC(C)(C)C. The molecule has 0 aliphatic heterocycles. The van der Waals surface area contributed by atoms with E-state index in [1.165, 1.54) is 0 Å². The van der Waals surface area contributed by atoms with Crippen molar-refractivity contribution in [2.45, 2.75) is 79.5 Å². The molecule has 6 nitrogen and oxygen atoms in total. The molecule has 1 heterocycles. The van der Waals surface area contributed by atoms with Crippen molar-refractivity contribution in [3.63, 3.8) is 0 Å². The number of anilines is 1. The smallest absolute Gasteiger partial charge is 0.413 e. The second-order valence-electron chi connectivity index (χ2n) is 8.23. The molecule has 24 heavy (non-hydrogen) atoms. The number of amides is 1. The van der Waals surface area contributed by atoms with E-state index in [-0.39, 0.29) is 0 Å². The summed E-state index contributed by atoms with van der Waals surface area (Å²) in [5.41, 5.74) is 0.403. The molecule has 1 aromatic rings. The normalized spacial score (nSPS) is 12.2. The molecule has 0 atom stereocenters. The molecule has 1 rings (SSSR count). The van der Waals surface area contributed by atoms with Crippen LogP contribution in [-0.4, -0.2) is 27.9 Å². The second kappa shape index (κ2) is 9.06. The number of nitrogens with one attached hydrogen (secondary N) is 3. The minimum Gasteiger partial charge on any atom is -0.444 e. The average Bonchev–Trinajstić information content (AvgIpc) is 2.79. The van der Waals surface area contributed by atoms with Crippen LogP contribution in [0.3, 0.4) is 0 Å². The Labute approximate surface area is 146 Å². The maximum Gasteiger partial charge on any atom is 0.413 e. The van der Waals surface area contributed by atoms with Crippen LogP contribution < -0.4 is 10.6 Å². The standard InChI is InChI=1S/C18H34N4O2/c1-12(2)8-15(9-13(3)4)19-10-14-11-20-22-16(14)21-17(23)24-18(5,6)7/h11-13,15,19H,8-10H2,1-7H3,(H2,20,21,22,23). The molecule has 0 fully saturated rings. The van der Waals surface area contributed by atoms with Gasteiger partial charge in [-0.05, 0) is 45.4 Å². The maximum absolute atomic E-state index is 11.9. The van der Waals surface area contributed by atoms with Crippen LogP contribution >= 0.6 is 0 Å². The molecule has 0 radical (unpaired) electrons. The molecule has 3 N–H and O–H groups in total. The zero-order valence-electron chi connectivity index (χ0n) is 16.2. The molecule has 0 saturated carbocycles. The van der Waals surface area contributed by atoms with Crippen molar-refractivity contribution in [1.29, 1.82) is 0 Å². The number of hydrogen-bond acceptors (Lipinski definition) is 4. The van der Waals surface area contributed by atoms with Gasteiger partial charge in [-0.25, -0.2) is 4.79 Å². The molecule has 0 aliphatic carbocycles. The molecule has 1 aromatic heterocycles. The molecular weight excluding hydrogens is 304 g/mol. The molecule has 0 aliphatic rings. The Balaban J connectivity index is 2.62. The predicted octanol–water partition coefficient (Wildman–Crippen LogP) is 4.31. The first kappa shape index (κ1) is 20.5. The van der Waals surface area contributed by atoms with Gasteiger partial charge in [0.25, 0.3) is 0 Å². The second-order valence-corrected chi connectivity index (χ2v) is 8.23. The van der Waals surface area contributed by atoms with E-state index in [4.69, 9.17) is 4.74 Å². The summed E-state index contributed by atoms with van der Waals surface area (Å²) in [4.78, 5) is 11.9. The topological polar surface area (TPSA) is 79.0 Å². The highest BCUT2D eigenvalue weighted by Gasteiger charge is 2.19. The van der Waals surface area contributed by atoms with Gasteiger partial charge < -0.3 is 10.1 Å². The van der Waals surface area contributed by atoms with E-state index in [9.17, 15) is 4.79 Å². The van der Waals surface area contributed by atoms with Crippen LogP contribution in [0, 0.1) is 11.8 Å². The van der Waals surface area contributed by atoms with E-state index in [0.29, 0.717) is 30.2 Å². The third-order valence-electron chi connectivity index (χ3n) is 3.44. The lowest BCUT2D eigenvalue weighted by molar-refractivity contribution is 0.0635. The van der Waals surface area contributed by atoms with Crippen LogP contribution in [0.5, 0.6) is 0 Å². The summed E-state index contributed by atoms with van der Waals surface area (Å²) in [5.74, 6) is 1.87. The summed E-state index contributed by atoms with van der Waals surface area (Å²) in [6, 6.07) is 0.453. The van der Waals surface area contributed by atoms with Gasteiger partial charge in [-0.1, -0.05) is 27.7 Å². The minimum absolute atomic E-state index is 0.453. The van der Waals surface area contributed by atoms with E-state index in [1.807, 2.05) is 20.8 Å². The number of H-pyrrole nitrogens is 1. The Morgan fingerprint density at radius 1 is 1.21 bits per heavy atom. The number of aromatic nitrogens is 2. The third-order valence-corrected chi connectivity index (χ3v) is 3.44. The van der Waals surface area contributed by atoms with Gasteiger partial charge in [-0.15, -0.1) is 0 Å². The number of hydrogen-bond donors (Lipinski definition) is 3. The van der Waals surface area contributed by atoms with Crippen molar-refractivity contribution in [3.8, 4) is 0 Å². The third kappa shape index (κ3) is 8.34. The Kier molecular flexibility index (Phi) is 7.73. The fourth-order valence-electron chi connectivity index (χ4n) is 2.61. The molecule has 0 bridgehead atoms. The molecule has 0 aromatic carbocycles. The lowest BCUT2D eigenvalue weighted by atomic mass is 9.95. The van der Waals surface area contributed by atoms with E-state index in [2.05, 4.69) is 48.5 Å². The lowest BCUT2D eigenvalue weighted by Crippen LogP contribution is -2.32. The van der Waals surface area contributed by atoms with Crippen molar-refractivity contribution in [1.82, 2.24) is 15.5 Å². The van der Waals surface area contributed by atoms with Gasteiger partial charge >= 0.3 is 6.09 Å². The van der Waals surface area contributed by atoms with Crippen molar-refractivity contribution in [2.75, 3.05) is 5.32 Å². The van der Waals surface area contributed by atoms with E-state index < -0.39 is 11.7 Å². The van der Waals surface area contributed by atoms with Crippen molar-refractivity contribution < 1.29 is 9.53 Å². The summed E-state index contributed by atoms with van der Waals surface area (Å²) < 4.78 is 5.28. The van der Waals surface area contributed by atoms with Crippen LogP contribution in [0.15, 0.2) is 6.20 Å². The number of carbonyl (C=O) groups is 1. The first-order valence-corrected chi connectivity index (χ1v) is 8.82. The van der Waals surface area contributed by atoms with Gasteiger partial charge in [0.2, 0.25) is 0 Å².